The minimum Gasteiger partial charge on any atom is -0.331 e. The molecule has 19 heavy (non-hydrogen) atoms. The molecule has 0 aliphatic carbocycles. The van der Waals surface area contributed by atoms with Crippen molar-refractivity contribution in [3.63, 3.8) is 0 Å². The molecule has 1 heterocycles. The van der Waals surface area contributed by atoms with Crippen molar-refractivity contribution < 1.29 is 8.42 Å². The third kappa shape index (κ3) is 3.88. The molecular weight excluding hydrogens is 350 g/mol. The van der Waals surface area contributed by atoms with Gasteiger partial charge in [-0.2, -0.15) is 0 Å². The van der Waals surface area contributed by atoms with E-state index in [0.717, 1.165) is 21.8 Å². The van der Waals surface area contributed by atoms with Gasteiger partial charge in [0.25, 0.3) is 0 Å². The van der Waals surface area contributed by atoms with Crippen LogP contribution in [0.1, 0.15) is 6.42 Å². The Kier molecular flexibility index (Phi) is 4.44. The number of imidazole rings is 1. The van der Waals surface area contributed by atoms with Gasteiger partial charge < -0.3 is 9.55 Å². The lowest BCUT2D eigenvalue weighted by Crippen LogP contribution is -2.23. The minimum absolute atomic E-state index is 0.407. The number of aromatic amines is 1. The number of sulfonamides is 1. The maximum absolute atomic E-state index is 11.0. The maximum Gasteiger partial charge on any atom is 0.208 e. The van der Waals surface area contributed by atoms with E-state index in [1.54, 1.807) is 0 Å². The molecule has 1 aromatic heterocycles. The van der Waals surface area contributed by atoms with Gasteiger partial charge in [-0.25, -0.2) is 13.1 Å². The van der Waals surface area contributed by atoms with E-state index in [1.807, 2.05) is 22.8 Å². The first-order valence-electron chi connectivity index (χ1n) is 5.69. The summed E-state index contributed by atoms with van der Waals surface area (Å²) in [7, 11) is -3.12. The Bertz CT molecular complexity index is 749. The first-order chi connectivity index (χ1) is 8.87. The second-order valence-electron chi connectivity index (χ2n) is 4.26. The van der Waals surface area contributed by atoms with E-state index >= 15 is 0 Å². The molecule has 0 atom stereocenters. The Morgan fingerprint density at radius 3 is 2.89 bits per heavy atom. The van der Waals surface area contributed by atoms with Crippen molar-refractivity contribution >= 4 is 49.2 Å². The van der Waals surface area contributed by atoms with E-state index < -0.39 is 10.0 Å². The number of benzene rings is 1. The SMILES string of the molecule is CS(=O)(=O)NCCCn1c(=S)[nH]c2cc(Br)ccc21. The van der Waals surface area contributed by atoms with Gasteiger partial charge >= 0.3 is 0 Å². The number of hydrogen-bond acceptors (Lipinski definition) is 3. The van der Waals surface area contributed by atoms with Crippen LogP contribution in [-0.4, -0.2) is 30.8 Å². The third-order valence-electron chi connectivity index (χ3n) is 2.66. The van der Waals surface area contributed by atoms with E-state index in [1.165, 1.54) is 0 Å². The molecule has 0 fully saturated rings. The molecule has 0 spiro atoms. The van der Waals surface area contributed by atoms with Crippen LogP contribution in [0.25, 0.3) is 11.0 Å². The van der Waals surface area contributed by atoms with Crippen LogP contribution in [0.15, 0.2) is 22.7 Å². The summed E-state index contributed by atoms with van der Waals surface area (Å²) in [6.45, 7) is 1.08. The fourth-order valence-corrected chi connectivity index (χ4v) is 3.03. The summed E-state index contributed by atoms with van der Waals surface area (Å²) in [5, 5.41) is 0. The van der Waals surface area contributed by atoms with Gasteiger partial charge in [-0.3, -0.25) is 0 Å². The molecule has 0 bridgehead atoms. The molecular formula is C11H14BrN3O2S2. The lowest BCUT2D eigenvalue weighted by atomic mass is 10.3. The number of H-pyrrole nitrogens is 1. The number of hydrogen-bond donors (Lipinski definition) is 2. The molecule has 0 unspecified atom stereocenters. The lowest BCUT2D eigenvalue weighted by molar-refractivity contribution is 0.576. The highest BCUT2D eigenvalue weighted by atomic mass is 79.9. The van der Waals surface area contributed by atoms with Gasteiger partial charge in [0.05, 0.1) is 17.3 Å². The quantitative estimate of drug-likeness (QED) is 0.633. The van der Waals surface area contributed by atoms with Crippen molar-refractivity contribution in [3.05, 3.63) is 27.4 Å². The van der Waals surface area contributed by atoms with E-state index in [4.69, 9.17) is 12.2 Å². The van der Waals surface area contributed by atoms with Gasteiger partial charge in [0.15, 0.2) is 4.77 Å². The number of nitrogens with zero attached hydrogens (tertiary/aromatic N) is 1. The third-order valence-corrected chi connectivity index (χ3v) is 4.20. The highest BCUT2D eigenvalue weighted by molar-refractivity contribution is 9.10. The molecule has 0 saturated carbocycles. The Morgan fingerprint density at radius 1 is 1.47 bits per heavy atom. The summed E-state index contributed by atoms with van der Waals surface area (Å²) in [4.78, 5) is 3.13. The monoisotopic (exact) mass is 363 g/mol. The summed E-state index contributed by atoms with van der Waals surface area (Å²) in [6, 6.07) is 5.91. The lowest BCUT2D eigenvalue weighted by Gasteiger charge is -2.05. The molecule has 2 aromatic rings. The molecule has 2 N–H and O–H groups in total. The van der Waals surface area contributed by atoms with Gasteiger partial charge in [0, 0.05) is 17.6 Å². The van der Waals surface area contributed by atoms with Crippen LogP contribution in [0.3, 0.4) is 0 Å². The average Bonchev–Trinajstić information content (AvgIpc) is 2.58. The molecule has 0 radical (unpaired) electrons. The molecule has 104 valence electrons. The van der Waals surface area contributed by atoms with Crippen LogP contribution in [0.4, 0.5) is 0 Å². The molecule has 1 aromatic carbocycles. The number of nitrogens with one attached hydrogen (secondary N) is 2. The zero-order valence-electron chi connectivity index (χ0n) is 10.3. The molecule has 8 heteroatoms. The summed E-state index contributed by atoms with van der Waals surface area (Å²) in [5.74, 6) is 0. The fourth-order valence-electron chi connectivity index (χ4n) is 1.85. The highest BCUT2D eigenvalue weighted by Gasteiger charge is 2.05. The summed E-state index contributed by atoms with van der Waals surface area (Å²) < 4.78 is 28.0. The zero-order valence-corrected chi connectivity index (χ0v) is 13.5. The van der Waals surface area contributed by atoms with Crippen molar-refractivity contribution in [2.24, 2.45) is 0 Å². The predicted molar refractivity (Wildman–Crippen MR) is 82.3 cm³/mol. The smallest absolute Gasteiger partial charge is 0.208 e. The molecule has 0 amide bonds. The van der Waals surface area contributed by atoms with Crippen LogP contribution in [0.2, 0.25) is 0 Å². The van der Waals surface area contributed by atoms with Crippen molar-refractivity contribution in [2.75, 3.05) is 12.8 Å². The molecule has 0 aliphatic rings. The van der Waals surface area contributed by atoms with Crippen LogP contribution < -0.4 is 4.72 Å². The second kappa shape index (κ2) is 5.74. The number of halogens is 1. The summed E-state index contributed by atoms with van der Waals surface area (Å²) in [6.07, 6.45) is 1.84. The van der Waals surface area contributed by atoms with Crippen LogP contribution in [0.5, 0.6) is 0 Å². The number of aromatic nitrogens is 2. The maximum atomic E-state index is 11.0. The van der Waals surface area contributed by atoms with Crippen LogP contribution in [0, 0.1) is 4.77 Å². The molecule has 0 aliphatic heterocycles. The fraction of sp³-hybridized carbons (Fsp3) is 0.364. The van der Waals surface area contributed by atoms with E-state index in [2.05, 4.69) is 25.6 Å². The zero-order chi connectivity index (χ0) is 14.0. The van der Waals surface area contributed by atoms with Crippen molar-refractivity contribution in [1.29, 1.82) is 0 Å². The minimum atomic E-state index is -3.12. The number of rotatable bonds is 5. The van der Waals surface area contributed by atoms with Gasteiger partial charge in [-0.1, -0.05) is 15.9 Å². The number of aryl methyl sites for hydroxylation is 1. The predicted octanol–water partition coefficient (Wildman–Crippen LogP) is 2.40. The Hall–Kier alpha value is -0.700. The van der Waals surface area contributed by atoms with Crippen LogP contribution in [-0.2, 0) is 16.6 Å². The Morgan fingerprint density at radius 2 is 2.21 bits per heavy atom. The Balaban J connectivity index is 2.13. The van der Waals surface area contributed by atoms with Gasteiger partial charge in [-0.15, -0.1) is 0 Å². The average molecular weight is 364 g/mol. The van der Waals surface area contributed by atoms with Gasteiger partial charge in [-0.05, 0) is 36.8 Å². The van der Waals surface area contributed by atoms with Gasteiger partial charge in [0.2, 0.25) is 10.0 Å². The normalized spacial score (nSPS) is 12.1. The van der Waals surface area contributed by atoms with E-state index in [0.29, 0.717) is 24.3 Å². The standard InChI is InChI=1S/C11H14BrN3O2S2/c1-19(16,17)13-5-2-6-15-10-4-3-8(12)7-9(10)14-11(15)18/h3-4,7,13H,2,5-6H2,1H3,(H,14,18). The molecule has 2 rings (SSSR count). The number of fused-ring (bicyclic) bond motifs is 1. The molecule has 0 saturated heterocycles. The summed E-state index contributed by atoms with van der Waals surface area (Å²) in [5.41, 5.74) is 1.99. The summed E-state index contributed by atoms with van der Waals surface area (Å²) >= 11 is 8.68. The first-order valence-corrected chi connectivity index (χ1v) is 8.79. The highest BCUT2D eigenvalue weighted by Crippen LogP contribution is 2.19. The van der Waals surface area contributed by atoms with E-state index in [-0.39, 0.29) is 0 Å². The largest absolute Gasteiger partial charge is 0.331 e. The Labute approximate surface area is 125 Å². The molecule has 5 nitrogen and oxygen atoms in total. The van der Waals surface area contributed by atoms with Crippen LogP contribution >= 0.6 is 28.1 Å². The van der Waals surface area contributed by atoms with Crippen molar-refractivity contribution in [2.45, 2.75) is 13.0 Å². The van der Waals surface area contributed by atoms with E-state index in [9.17, 15) is 8.42 Å². The topological polar surface area (TPSA) is 66.9 Å². The second-order valence-corrected chi connectivity index (χ2v) is 7.40. The van der Waals surface area contributed by atoms with Crippen molar-refractivity contribution in [1.82, 2.24) is 14.3 Å². The van der Waals surface area contributed by atoms with Crippen molar-refractivity contribution in [3.8, 4) is 0 Å². The van der Waals surface area contributed by atoms with Gasteiger partial charge in [0.1, 0.15) is 0 Å². The first kappa shape index (κ1) is 14.7.